The van der Waals surface area contributed by atoms with Crippen LogP contribution < -0.4 is 10.1 Å². The average Bonchev–Trinajstić information content (AvgIpc) is 3.42. The van der Waals surface area contributed by atoms with Gasteiger partial charge in [0.05, 0.1) is 36.4 Å². The molecule has 32 heavy (non-hydrogen) atoms. The van der Waals surface area contributed by atoms with Crippen LogP contribution in [0.3, 0.4) is 0 Å². The van der Waals surface area contributed by atoms with E-state index in [2.05, 4.69) is 57.4 Å². The molecule has 2 fully saturated rings. The van der Waals surface area contributed by atoms with Gasteiger partial charge in [0.1, 0.15) is 11.3 Å². The van der Waals surface area contributed by atoms with E-state index in [1.165, 1.54) is 11.3 Å². The first-order valence-corrected chi connectivity index (χ1v) is 11.7. The van der Waals surface area contributed by atoms with Gasteiger partial charge in [0.25, 0.3) is 0 Å². The first kappa shape index (κ1) is 20.2. The van der Waals surface area contributed by atoms with E-state index in [9.17, 15) is 0 Å². The Morgan fingerprint density at radius 3 is 2.78 bits per heavy atom. The second kappa shape index (κ2) is 7.55. The Bertz CT molecular complexity index is 1150. The van der Waals surface area contributed by atoms with Gasteiger partial charge in [-0.15, -0.1) is 0 Å². The number of rotatable bonds is 3. The van der Waals surface area contributed by atoms with E-state index in [1.807, 2.05) is 18.2 Å². The zero-order valence-corrected chi connectivity index (χ0v) is 19.1. The van der Waals surface area contributed by atoms with Crippen LogP contribution in [0.25, 0.3) is 5.69 Å². The van der Waals surface area contributed by atoms with Crippen molar-refractivity contribution in [2.24, 2.45) is 0 Å². The van der Waals surface area contributed by atoms with Crippen molar-refractivity contribution < 1.29 is 9.47 Å². The Hall–Kier alpha value is -2.47. The zero-order valence-electron chi connectivity index (χ0n) is 18.3. The van der Waals surface area contributed by atoms with Crippen LogP contribution in [0.2, 0.25) is 5.02 Å². The summed E-state index contributed by atoms with van der Waals surface area (Å²) in [5.74, 6) is 0.866. The summed E-state index contributed by atoms with van der Waals surface area (Å²) in [5.41, 5.74) is 4.53. The van der Waals surface area contributed by atoms with Gasteiger partial charge in [-0.1, -0.05) is 23.7 Å². The largest absolute Gasteiger partial charge is 0.497 e. The van der Waals surface area contributed by atoms with Gasteiger partial charge in [0.2, 0.25) is 0 Å². The van der Waals surface area contributed by atoms with Crippen LogP contribution in [0.5, 0.6) is 5.75 Å². The Morgan fingerprint density at radius 1 is 1.09 bits per heavy atom. The summed E-state index contributed by atoms with van der Waals surface area (Å²) in [6.45, 7) is 3.69. The molecule has 1 unspecified atom stereocenters. The highest BCUT2D eigenvalue weighted by molar-refractivity contribution is 6.30. The van der Waals surface area contributed by atoms with Gasteiger partial charge in [0, 0.05) is 43.3 Å². The van der Waals surface area contributed by atoms with Crippen molar-refractivity contribution in [1.82, 2.24) is 9.47 Å². The number of piperidine rings is 1. The molecule has 4 heterocycles. The number of nitrogens with one attached hydrogen (secondary N) is 1. The molecular formula is C26H28ClN3O2. The molecule has 0 radical (unpaired) electrons. The Morgan fingerprint density at radius 2 is 1.97 bits per heavy atom. The first-order chi connectivity index (χ1) is 15.6. The van der Waals surface area contributed by atoms with E-state index in [4.69, 9.17) is 21.1 Å². The van der Waals surface area contributed by atoms with Crippen LogP contribution in [-0.4, -0.2) is 41.9 Å². The van der Waals surface area contributed by atoms with Crippen LogP contribution in [0.1, 0.15) is 30.5 Å². The highest BCUT2D eigenvalue weighted by atomic mass is 35.5. The van der Waals surface area contributed by atoms with Crippen molar-refractivity contribution in [3.8, 4) is 11.4 Å². The molecule has 2 saturated heterocycles. The molecule has 1 atom stereocenters. The van der Waals surface area contributed by atoms with Crippen molar-refractivity contribution >= 4 is 17.3 Å². The number of likely N-dealkylation sites (tertiary alicyclic amines) is 1. The maximum absolute atomic E-state index is 6.64. The molecule has 166 valence electrons. The third-order valence-electron chi connectivity index (χ3n) is 7.39. The molecule has 0 aliphatic carbocycles. The Kier molecular flexibility index (Phi) is 4.75. The fourth-order valence-electron chi connectivity index (χ4n) is 5.76. The van der Waals surface area contributed by atoms with E-state index in [-0.39, 0.29) is 11.1 Å². The lowest BCUT2D eigenvalue weighted by Gasteiger charge is -2.41. The van der Waals surface area contributed by atoms with Crippen LogP contribution in [0.15, 0.2) is 60.8 Å². The minimum absolute atomic E-state index is 0.0801. The molecule has 1 aromatic heterocycles. The summed E-state index contributed by atoms with van der Waals surface area (Å²) in [5, 5.41) is 4.67. The number of halogens is 1. The standard InChI is InChI=1S/C26H28ClN3O2/c1-31-21-7-8-23-22(15-21)28-26(24-6-3-11-30(23)24)17-25(32-18-26)9-12-29(13-10-25)16-19-4-2-5-20(27)14-19/h2-8,11,14-15,28H,9-10,12-13,16-18H2,1H3. The summed E-state index contributed by atoms with van der Waals surface area (Å²) in [6, 6.07) is 18.8. The predicted molar refractivity (Wildman–Crippen MR) is 127 cm³/mol. The van der Waals surface area contributed by atoms with Crippen molar-refractivity contribution in [2.75, 3.05) is 32.1 Å². The third-order valence-corrected chi connectivity index (χ3v) is 7.62. The molecular weight excluding hydrogens is 422 g/mol. The van der Waals surface area contributed by atoms with E-state index < -0.39 is 0 Å². The molecule has 2 aromatic carbocycles. The van der Waals surface area contributed by atoms with Gasteiger partial charge in [-0.25, -0.2) is 0 Å². The number of ether oxygens (including phenoxy) is 2. The van der Waals surface area contributed by atoms with Crippen molar-refractivity contribution in [2.45, 2.75) is 36.9 Å². The molecule has 0 amide bonds. The van der Waals surface area contributed by atoms with E-state index in [1.54, 1.807) is 7.11 Å². The van der Waals surface area contributed by atoms with Crippen LogP contribution in [-0.2, 0) is 16.8 Å². The summed E-state index contributed by atoms with van der Waals surface area (Å²) < 4.78 is 14.4. The highest BCUT2D eigenvalue weighted by Gasteiger charge is 2.53. The predicted octanol–water partition coefficient (Wildman–Crippen LogP) is 5.22. The highest BCUT2D eigenvalue weighted by Crippen LogP contribution is 2.50. The van der Waals surface area contributed by atoms with E-state index in [0.717, 1.165) is 61.0 Å². The fourth-order valence-corrected chi connectivity index (χ4v) is 5.97. The minimum atomic E-state index is -0.210. The molecule has 5 nitrogen and oxygen atoms in total. The van der Waals surface area contributed by atoms with Crippen LogP contribution in [0.4, 0.5) is 5.69 Å². The second-order valence-electron chi connectivity index (χ2n) is 9.41. The third kappa shape index (κ3) is 3.31. The summed E-state index contributed by atoms with van der Waals surface area (Å²) in [7, 11) is 1.71. The maximum Gasteiger partial charge on any atom is 0.121 e. The van der Waals surface area contributed by atoms with Crippen molar-refractivity contribution in [3.63, 3.8) is 0 Å². The lowest BCUT2D eigenvalue weighted by atomic mass is 9.79. The number of nitrogens with zero attached hydrogens (tertiary/aromatic N) is 2. The lowest BCUT2D eigenvalue weighted by molar-refractivity contribution is -0.0451. The number of methoxy groups -OCH3 is 1. The summed E-state index contributed by atoms with van der Waals surface area (Å²) >= 11 is 6.18. The molecule has 3 aliphatic rings. The van der Waals surface area contributed by atoms with Gasteiger partial charge in [-0.3, -0.25) is 4.90 Å². The molecule has 6 heteroatoms. The molecule has 0 saturated carbocycles. The van der Waals surface area contributed by atoms with Crippen molar-refractivity contribution in [3.05, 3.63) is 77.1 Å². The average molecular weight is 450 g/mol. The number of benzene rings is 2. The summed E-state index contributed by atoms with van der Waals surface area (Å²) in [4.78, 5) is 2.52. The Balaban J connectivity index is 1.21. The van der Waals surface area contributed by atoms with E-state index in [0.29, 0.717) is 6.61 Å². The van der Waals surface area contributed by atoms with E-state index >= 15 is 0 Å². The second-order valence-corrected chi connectivity index (χ2v) is 9.84. The van der Waals surface area contributed by atoms with Gasteiger partial charge < -0.3 is 19.4 Å². The molecule has 3 aromatic rings. The first-order valence-electron chi connectivity index (χ1n) is 11.3. The number of aromatic nitrogens is 1. The molecule has 3 aliphatic heterocycles. The number of hydrogen-bond donors (Lipinski definition) is 1. The molecule has 2 spiro atoms. The Labute approximate surface area is 193 Å². The number of anilines is 1. The minimum Gasteiger partial charge on any atom is -0.497 e. The molecule has 1 N–H and O–H groups in total. The topological polar surface area (TPSA) is 38.7 Å². The lowest BCUT2D eigenvalue weighted by Crippen LogP contribution is -2.46. The van der Waals surface area contributed by atoms with Gasteiger partial charge in [-0.05, 0) is 54.8 Å². The SMILES string of the molecule is COc1ccc2c(c1)NC1(COC3(CCN(Cc4cccc(Cl)c4)CC3)C1)c1cccn1-2. The summed E-state index contributed by atoms with van der Waals surface area (Å²) in [6.07, 6.45) is 5.22. The quantitative estimate of drug-likeness (QED) is 0.595. The number of hydrogen-bond acceptors (Lipinski definition) is 4. The van der Waals surface area contributed by atoms with Gasteiger partial charge >= 0.3 is 0 Å². The maximum atomic E-state index is 6.64. The van der Waals surface area contributed by atoms with Crippen LogP contribution in [0, 0.1) is 0 Å². The van der Waals surface area contributed by atoms with Crippen molar-refractivity contribution in [1.29, 1.82) is 0 Å². The molecule has 0 bridgehead atoms. The smallest absolute Gasteiger partial charge is 0.121 e. The number of fused-ring (bicyclic) bond motifs is 4. The monoisotopic (exact) mass is 449 g/mol. The van der Waals surface area contributed by atoms with Crippen LogP contribution >= 0.6 is 11.6 Å². The normalized spacial score (nSPS) is 23.7. The fraction of sp³-hybridized carbons (Fsp3) is 0.385. The van der Waals surface area contributed by atoms with Gasteiger partial charge in [-0.2, -0.15) is 0 Å². The molecule has 6 rings (SSSR count). The zero-order chi connectivity index (χ0) is 21.8. The van der Waals surface area contributed by atoms with Gasteiger partial charge in [0.15, 0.2) is 0 Å².